The van der Waals surface area contributed by atoms with E-state index >= 15 is 0 Å². The van der Waals surface area contributed by atoms with Crippen LogP contribution >= 0.6 is 11.6 Å². The molecule has 0 radical (unpaired) electrons. The van der Waals surface area contributed by atoms with Gasteiger partial charge >= 0.3 is 0 Å². The number of rotatable bonds is 1. The van der Waals surface area contributed by atoms with Crippen LogP contribution in [-0.2, 0) is 0 Å². The number of nitrogens with one attached hydrogen (secondary N) is 1. The molecule has 4 N–H and O–H groups in total. The molecule has 0 saturated heterocycles. The zero-order valence-corrected chi connectivity index (χ0v) is 8.97. The summed E-state index contributed by atoms with van der Waals surface area (Å²) in [6.07, 6.45) is 1.71. The summed E-state index contributed by atoms with van der Waals surface area (Å²) in [5.41, 5.74) is 7.52. The van der Waals surface area contributed by atoms with Crippen LogP contribution < -0.4 is 5.73 Å². The van der Waals surface area contributed by atoms with Crippen molar-refractivity contribution in [1.82, 2.24) is 4.98 Å². The van der Waals surface area contributed by atoms with Crippen molar-refractivity contribution in [1.29, 1.82) is 0 Å². The Hall–Kier alpha value is -1.61. The molecule has 0 aliphatic rings. The van der Waals surface area contributed by atoms with E-state index in [1.165, 1.54) is 0 Å². The fourth-order valence-corrected chi connectivity index (χ4v) is 1.67. The van der Waals surface area contributed by atoms with Gasteiger partial charge in [0.05, 0.1) is 0 Å². The predicted octanol–water partition coefficient (Wildman–Crippen LogP) is 3.03. The lowest BCUT2D eigenvalue weighted by molar-refractivity contribution is 0.506. The van der Waals surface area contributed by atoms with Gasteiger partial charge in [0, 0.05) is 33.4 Å². The average molecular weight is 223 g/mol. The molecule has 0 unspecified atom stereocenters. The van der Waals surface area contributed by atoms with Crippen molar-refractivity contribution in [3.63, 3.8) is 0 Å². The number of allylic oxidation sites excluding steroid dienone is 1. The number of halogens is 1. The van der Waals surface area contributed by atoms with Crippen LogP contribution in [0, 0.1) is 0 Å². The lowest BCUT2D eigenvalue weighted by atomic mass is 10.1. The Morgan fingerprint density at radius 1 is 1.47 bits per heavy atom. The Balaban J connectivity index is 2.73. The molecule has 4 heteroatoms. The highest BCUT2D eigenvalue weighted by Crippen LogP contribution is 2.26. The molecule has 3 nitrogen and oxygen atoms in total. The van der Waals surface area contributed by atoms with Crippen molar-refractivity contribution < 1.29 is 5.11 Å². The topological polar surface area (TPSA) is 62.0 Å². The van der Waals surface area contributed by atoms with Crippen LogP contribution in [0.5, 0.6) is 0 Å². The summed E-state index contributed by atoms with van der Waals surface area (Å²) in [6.45, 7) is 1.65. The molecule has 15 heavy (non-hydrogen) atoms. The summed E-state index contributed by atoms with van der Waals surface area (Å²) in [7, 11) is 0. The number of benzene rings is 1. The smallest absolute Gasteiger partial charge is 0.143 e. The van der Waals surface area contributed by atoms with Gasteiger partial charge in [0.25, 0.3) is 0 Å². The summed E-state index contributed by atoms with van der Waals surface area (Å²) < 4.78 is 0. The number of aliphatic hydroxyl groups is 1. The van der Waals surface area contributed by atoms with Crippen LogP contribution in [0.3, 0.4) is 0 Å². The second-order valence-corrected chi connectivity index (χ2v) is 3.86. The Morgan fingerprint density at radius 3 is 2.87 bits per heavy atom. The molecule has 0 aliphatic carbocycles. The first-order valence-corrected chi connectivity index (χ1v) is 4.89. The first-order valence-electron chi connectivity index (χ1n) is 4.52. The summed E-state index contributed by atoms with van der Waals surface area (Å²) in [6, 6.07) is 5.45. The molecule has 0 aliphatic heterocycles. The highest BCUT2D eigenvalue weighted by molar-refractivity contribution is 6.31. The molecule has 2 rings (SSSR count). The average Bonchev–Trinajstić information content (AvgIpc) is 2.59. The Morgan fingerprint density at radius 2 is 2.20 bits per heavy atom. The number of fused-ring (bicyclic) bond motifs is 1. The van der Waals surface area contributed by atoms with Crippen LogP contribution in [0.2, 0.25) is 5.02 Å². The number of hydrogen-bond donors (Lipinski definition) is 3. The van der Waals surface area contributed by atoms with E-state index < -0.39 is 0 Å². The SMILES string of the molecule is C/C(N)=C(/O)c1c[nH]c2ccc(Cl)cc12. The van der Waals surface area contributed by atoms with Gasteiger partial charge < -0.3 is 15.8 Å². The Labute approximate surface area is 92.2 Å². The van der Waals surface area contributed by atoms with E-state index in [9.17, 15) is 5.11 Å². The van der Waals surface area contributed by atoms with Gasteiger partial charge in [-0.15, -0.1) is 0 Å². The van der Waals surface area contributed by atoms with E-state index in [-0.39, 0.29) is 5.76 Å². The van der Waals surface area contributed by atoms with E-state index in [4.69, 9.17) is 17.3 Å². The van der Waals surface area contributed by atoms with E-state index in [2.05, 4.69) is 4.98 Å². The summed E-state index contributed by atoms with van der Waals surface area (Å²) in [4.78, 5) is 3.04. The molecule has 0 amide bonds. The van der Waals surface area contributed by atoms with Crippen LogP contribution in [0.15, 0.2) is 30.1 Å². The second-order valence-electron chi connectivity index (χ2n) is 3.42. The second kappa shape index (κ2) is 3.51. The summed E-state index contributed by atoms with van der Waals surface area (Å²) in [5, 5.41) is 11.3. The Kier molecular flexibility index (Phi) is 2.32. The number of H-pyrrole nitrogens is 1. The first-order chi connectivity index (χ1) is 7.09. The van der Waals surface area contributed by atoms with Crippen LogP contribution in [0.1, 0.15) is 12.5 Å². The molecule has 0 spiro atoms. The van der Waals surface area contributed by atoms with Crippen molar-refractivity contribution in [2.24, 2.45) is 5.73 Å². The van der Waals surface area contributed by atoms with Gasteiger partial charge in [-0.05, 0) is 25.1 Å². The minimum Gasteiger partial charge on any atom is -0.505 e. The molecule has 0 fully saturated rings. The maximum absolute atomic E-state index is 9.77. The lowest BCUT2D eigenvalue weighted by Crippen LogP contribution is -1.96. The van der Waals surface area contributed by atoms with E-state index in [1.54, 1.807) is 25.3 Å². The number of aliphatic hydroxyl groups excluding tert-OH is 1. The van der Waals surface area contributed by atoms with Gasteiger partial charge in [-0.3, -0.25) is 0 Å². The van der Waals surface area contributed by atoms with Crippen molar-refractivity contribution in [3.05, 3.63) is 40.7 Å². The van der Waals surface area contributed by atoms with Gasteiger partial charge in [0.2, 0.25) is 0 Å². The molecule has 1 aromatic heterocycles. The Bertz CT molecular complexity index is 539. The molecule has 0 saturated carbocycles. The highest BCUT2D eigenvalue weighted by Gasteiger charge is 2.09. The molecule has 2 aromatic rings. The molecule has 1 aromatic carbocycles. The third-order valence-electron chi connectivity index (χ3n) is 2.27. The van der Waals surface area contributed by atoms with E-state index in [0.29, 0.717) is 16.3 Å². The lowest BCUT2D eigenvalue weighted by Gasteiger charge is -2.00. The third-order valence-corrected chi connectivity index (χ3v) is 2.51. The largest absolute Gasteiger partial charge is 0.505 e. The van der Waals surface area contributed by atoms with Gasteiger partial charge in [0.1, 0.15) is 5.76 Å². The number of hydrogen-bond acceptors (Lipinski definition) is 2. The van der Waals surface area contributed by atoms with Crippen LogP contribution in [-0.4, -0.2) is 10.1 Å². The molecule has 1 heterocycles. The van der Waals surface area contributed by atoms with Gasteiger partial charge in [-0.25, -0.2) is 0 Å². The first kappa shape index (κ1) is 9.93. The van der Waals surface area contributed by atoms with Crippen LogP contribution in [0.25, 0.3) is 16.7 Å². The zero-order chi connectivity index (χ0) is 11.0. The molecule has 0 atom stereocenters. The quantitative estimate of drug-likeness (QED) is 0.650. The van der Waals surface area contributed by atoms with Crippen molar-refractivity contribution >= 4 is 28.3 Å². The van der Waals surface area contributed by atoms with E-state index in [0.717, 1.165) is 10.9 Å². The highest BCUT2D eigenvalue weighted by atomic mass is 35.5. The normalized spacial score (nSPS) is 12.9. The predicted molar refractivity (Wildman–Crippen MR) is 62.7 cm³/mol. The standard InChI is InChI=1S/C11H11ClN2O/c1-6(13)11(15)9-5-14-10-3-2-7(12)4-8(9)10/h2-5,14-15H,13H2,1H3/b11-6-. The maximum atomic E-state index is 9.77. The summed E-state index contributed by atoms with van der Waals surface area (Å²) in [5.74, 6) is 0.0866. The number of aromatic amines is 1. The minimum atomic E-state index is 0.0866. The third kappa shape index (κ3) is 1.66. The van der Waals surface area contributed by atoms with Gasteiger partial charge in [-0.1, -0.05) is 11.6 Å². The molecular formula is C11H11ClN2O. The van der Waals surface area contributed by atoms with Crippen molar-refractivity contribution in [2.45, 2.75) is 6.92 Å². The van der Waals surface area contributed by atoms with Crippen LogP contribution in [0.4, 0.5) is 0 Å². The van der Waals surface area contributed by atoms with Gasteiger partial charge in [-0.2, -0.15) is 0 Å². The fourth-order valence-electron chi connectivity index (χ4n) is 1.50. The monoisotopic (exact) mass is 222 g/mol. The number of nitrogens with two attached hydrogens (primary N) is 1. The van der Waals surface area contributed by atoms with E-state index in [1.807, 2.05) is 6.07 Å². The number of aromatic nitrogens is 1. The van der Waals surface area contributed by atoms with Crippen molar-refractivity contribution in [2.75, 3.05) is 0 Å². The minimum absolute atomic E-state index is 0.0866. The van der Waals surface area contributed by atoms with Crippen molar-refractivity contribution in [3.8, 4) is 0 Å². The zero-order valence-electron chi connectivity index (χ0n) is 8.21. The maximum Gasteiger partial charge on any atom is 0.143 e. The molecular weight excluding hydrogens is 212 g/mol. The summed E-state index contributed by atoms with van der Waals surface area (Å²) >= 11 is 5.89. The van der Waals surface area contributed by atoms with Gasteiger partial charge in [0.15, 0.2) is 0 Å². The molecule has 78 valence electrons. The molecule has 0 bridgehead atoms. The fraction of sp³-hybridized carbons (Fsp3) is 0.0909.